The van der Waals surface area contributed by atoms with Gasteiger partial charge in [-0.05, 0) is 26.0 Å². The van der Waals surface area contributed by atoms with Gasteiger partial charge in [0.1, 0.15) is 5.82 Å². The third kappa shape index (κ3) is 2.94. The molecule has 2 N–H and O–H groups in total. The van der Waals surface area contributed by atoms with Crippen LogP contribution in [0.25, 0.3) is 11.3 Å². The quantitative estimate of drug-likeness (QED) is 0.863. The van der Waals surface area contributed by atoms with Crippen molar-refractivity contribution in [1.29, 1.82) is 0 Å². The summed E-state index contributed by atoms with van der Waals surface area (Å²) in [7, 11) is 1.81. The van der Waals surface area contributed by atoms with Gasteiger partial charge >= 0.3 is 0 Å². The maximum atomic E-state index is 4.43. The van der Waals surface area contributed by atoms with Gasteiger partial charge in [0.15, 0.2) is 0 Å². The van der Waals surface area contributed by atoms with Crippen molar-refractivity contribution in [3.63, 3.8) is 0 Å². The molecule has 2 aromatic heterocycles. The Labute approximate surface area is 107 Å². The first-order valence-electron chi connectivity index (χ1n) is 5.93. The summed E-state index contributed by atoms with van der Waals surface area (Å²) in [6, 6.07) is 6.13. The normalized spacial score (nSPS) is 10.4. The largest absolute Gasteiger partial charge is 0.368 e. The maximum absolute atomic E-state index is 4.43. The molecule has 0 aliphatic heterocycles. The summed E-state index contributed by atoms with van der Waals surface area (Å²) in [6.07, 6.45) is 3.54. The van der Waals surface area contributed by atoms with Crippen molar-refractivity contribution in [2.24, 2.45) is 0 Å². The third-order valence-corrected chi connectivity index (χ3v) is 2.34. The van der Waals surface area contributed by atoms with E-state index in [0.29, 0.717) is 12.0 Å². The molecule has 0 aliphatic rings. The van der Waals surface area contributed by atoms with Crippen LogP contribution in [0.3, 0.4) is 0 Å². The average Bonchev–Trinajstić information content (AvgIpc) is 2.38. The van der Waals surface area contributed by atoms with Gasteiger partial charge in [-0.25, -0.2) is 4.98 Å². The van der Waals surface area contributed by atoms with E-state index in [0.717, 1.165) is 17.1 Å². The molecule has 0 atom stereocenters. The predicted octanol–water partition coefficient (Wildman–Crippen LogP) is 2.40. The van der Waals surface area contributed by atoms with Crippen molar-refractivity contribution in [1.82, 2.24) is 15.0 Å². The monoisotopic (exact) mass is 243 g/mol. The van der Waals surface area contributed by atoms with E-state index in [2.05, 4.69) is 39.4 Å². The van der Waals surface area contributed by atoms with Gasteiger partial charge in [0.25, 0.3) is 0 Å². The van der Waals surface area contributed by atoms with Crippen molar-refractivity contribution >= 4 is 11.8 Å². The van der Waals surface area contributed by atoms with E-state index < -0.39 is 0 Å². The lowest BCUT2D eigenvalue weighted by atomic mass is 10.2. The number of anilines is 2. The highest BCUT2D eigenvalue weighted by Gasteiger charge is 2.06. The van der Waals surface area contributed by atoms with E-state index in [1.165, 1.54) is 0 Å². The highest BCUT2D eigenvalue weighted by Crippen LogP contribution is 2.20. The van der Waals surface area contributed by atoms with Gasteiger partial charge in [-0.2, -0.15) is 4.98 Å². The Hall–Kier alpha value is -2.17. The second-order valence-electron chi connectivity index (χ2n) is 4.25. The summed E-state index contributed by atoms with van der Waals surface area (Å²) < 4.78 is 0. The lowest BCUT2D eigenvalue weighted by molar-refractivity contribution is 0.887. The summed E-state index contributed by atoms with van der Waals surface area (Å²) in [5, 5.41) is 6.25. The Balaban J connectivity index is 2.41. The molecule has 5 nitrogen and oxygen atoms in total. The van der Waals surface area contributed by atoms with Crippen LogP contribution in [0.1, 0.15) is 13.8 Å². The molecule has 0 fully saturated rings. The van der Waals surface area contributed by atoms with E-state index in [4.69, 9.17) is 0 Å². The van der Waals surface area contributed by atoms with E-state index in [9.17, 15) is 0 Å². The molecule has 2 heterocycles. The van der Waals surface area contributed by atoms with E-state index in [1.54, 1.807) is 12.4 Å². The smallest absolute Gasteiger partial charge is 0.224 e. The lowest BCUT2D eigenvalue weighted by Crippen LogP contribution is -2.12. The highest BCUT2D eigenvalue weighted by molar-refractivity contribution is 5.63. The summed E-state index contributed by atoms with van der Waals surface area (Å²) >= 11 is 0. The first-order chi connectivity index (χ1) is 8.69. The standard InChI is InChI=1S/C13H17N5/c1-9(2)16-12-7-11(17-13(14-3)18-12)10-5-4-6-15-8-10/h4-9H,1-3H3,(H2,14,16,17,18). The van der Waals surface area contributed by atoms with Crippen LogP contribution in [-0.4, -0.2) is 28.0 Å². The van der Waals surface area contributed by atoms with Gasteiger partial charge < -0.3 is 10.6 Å². The molecule has 0 radical (unpaired) electrons. The number of pyridine rings is 1. The lowest BCUT2D eigenvalue weighted by Gasteiger charge is -2.11. The van der Waals surface area contributed by atoms with Gasteiger partial charge in [-0.3, -0.25) is 4.98 Å². The molecule has 0 amide bonds. The molecule has 0 bridgehead atoms. The second kappa shape index (κ2) is 5.44. The van der Waals surface area contributed by atoms with Gasteiger partial charge in [-0.15, -0.1) is 0 Å². The van der Waals surface area contributed by atoms with Crippen LogP contribution in [0.2, 0.25) is 0 Å². The van der Waals surface area contributed by atoms with Crippen molar-refractivity contribution < 1.29 is 0 Å². The number of hydrogen-bond acceptors (Lipinski definition) is 5. The minimum absolute atomic E-state index is 0.325. The molecular formula is C13H17N5. The second-order valence-corrected chi connectivity index (χ2v) is 4.25. The van der Waals surface area contributed by atoms with Crippen LogP contribution in [-0.2, 0) is 0 Å². The molecule has 0 saturated carbocycles. The minimum Gasteiger partial charge on any atom is -0.368 e. The fraction of sp³-hybridized carbons (Fsp3) is 0.308. The fourth-order valence-corrected chi connectivity index (χ4v) is 1.59. The first kappa shape index (κ1) is 12.3. The van der Waals surface area contributed by atoms with Gasteiger partial charge in [0.05, 0.1) is 5.69 Å². The van der Waals surface area contributed by atoms with Crippen LogP contribution < -0.4 is 10.6 Å². The summed E-state index contributed by atoms with van der Waals surface area (Å²) in [5.41, 5.74) is 1.83. The van der Waals surface area contributed by atoms with E-state index in [-0.39, 0.29) is 0 Å². The van der Waals surface area contributed by atoms with Gasteiger partial charge in [-0.1, -0.05) is 0 Å². The predicted molar refractivity (Wildman–Crippen MR) is 73.6 cm³/mol. The number of nitrogens with one attached hydrogen (secondary N) is 2. The zero-order valence-corrected chi connectivity index (χ0v) is 10.8. The Kier molecular flexibility index (Phi) is 3.72. The summed E-state index contributed by atoms with van der Waals surface area (Å²) in [6.45, 7) is 4.15. The highest BCUT2D eigenvalue weighted by atomic mass is 15.1. The van der Waals surface area contributed by atoms with Crippen LogP contribution in [0.4, 0.5) is 11.8 Å². The molecule has 0 saturated heterocycles. The van der Waals surface area contributed by atoms with Gasteiger partial charge in [0, 0.05) is 37.1 Å². The Morgan fingerprint density at radius 2 is 2.06 bits per heavy atom. The number of hydrogen-bond donors (Lipinski definition) is 2. The van der Waals surface area contributed by atoms with Crippen molar-refractivity contribution in [2.75, 3.05) is 17.7 Å². The number of rotatable bonds is 4. The third-order valence-electron chi connectivity index (χ3n) is 2.34. The van der Waals surface area contributed by atoms with E-state index in [1.807, 2.05) is 25.2 Å². The Morgan fingerprint density at radius 3 is 2.67 bits per heavy atom. The van der Waals surface area contributed by atoms with Crippen LogP contribution >= 0.6 is 0 Å². The zero-order chi connectivity index (χ0) is 13.0. The Morgan fingerprint density at radius 1 is 1.22 bits per heavy atom. The maximum Gasteiger partial charge on any atom is 0.224 e. The molecule has 2 rings (SSSR count). The average molecular weight is 243 g/mol. The molecular weight excluding hydrogens is 226 g/mol. The van der Waals surface area contributed by atoms with Crippen LogP contribution in [0, 0.1) is 0 Å². The Bertz CT molecular complexity index is 510. The molecule has 0 spiro atoms. The van der Waals surface area contributed by atoms with Crippen molar-refractivity contribution in [2.45, 2.75) is 19.9 Å². The minimum atomic E-state index is 0.325. The fourth-order valence-electron chi connectivity index (χ4n) is 1.59. The molecule has 2 aromatic rings. The van der Waals surface area contributed by atoms with Crippen molar-refractivity contribution in [3.05, 3.63) is 30.6 Å². The SMILES string of the molecule is CNc1nc(NC(C)C)cc(-c2cccnc2)n1. The number of aromatic nitrogens is 3. The first-order valence-corrected chi connectivity index (χ1v) is 5.93. The van der Waals surface area contributed by atoms with Crippen molar-refractivity contribution in [3.8, 4) is 11.3 Å². The molecule has 94 valence electrons. The molecule has 0 aromatic carbocycles. The summed E-state index contributed by atoms with van der Waals surface area (Å²) in [4.78, 5) is 12.9. The molecule has 0 aliphatic carbocycles. The van der Waals surface area contributed by atoms with E-state index >= 15 is 0 Å². The summed E-state index contributed by atoms with van der Waals surface area (Å²) in [5.74, 6) is 1.41. The van der Waals surface area contributed by atoms with Crippen LogP contribution in [0.15, 0.2) is 30.6 Å². The molecule has 5 heteroatoms. The molecule has 0 unspecified atom stereocenters. The van der Waals surface area contributed by atoms with Gasteiger partial charge in [0.2, 0.25) is 5.95 Å². The topological polar surface area (TPSA) is 62.7 Å². The molecule has 18 heavy (non-hydrogen) atoms. The number of nitrogens with zero attached hydrogens (tertiary/aromatic N) is 3. The zero-order valence-electron chi connectivity index (χ0n) is 10.8. The van der Waals surface area contributed by atoms with Crippen LogP contribution in [0.5, 0.6) is 0 Å².